The molecule has 0 bridgehead atoms. The molecule has 1 aromatic carbocycles. The van der Waals surface area contributed by atoms with E-state index in [1.165, 1.54) is 12.3 Å². The van der Waals surface area contributed by atoms with Gasteiger partial charge in [0.15, 0.2) is 5.82 Å². The molecule has 0 radical (unpaired) electrons. The Balaban J connectivity index is 2.16. The number of alkyl carbamates (subject to hydrolysis) is 1. The lowest BCUT2D eigenvalue weighted by Crippen LogP contribution is -2.37. The zero-order valence-electron chi connectivity index (χ0n) is 15.7. The second-order valence-corrected chi connectivity index (χ2v) is 7.20. The van der Waals surface area contributed by atoms with Gasteiger partial charge in [-0.1, -0.05) is 0 Å². The average molecular weight is 391 g/mol. The van der Waals surface area contributed by atoms with Crippen molar-refractivity contribution in [3.63, 3.8) is 0 Å². The van der Waals surface area contributed by atoms with Gasteiger partial charge in [0.25, 0.3) is 5.56 Å². The topological polar surface area (TPSA) is 102 Å². The third-order valence-electron chi connectivity index (χ3n) is 3.76. The number of aromatic amines is 1. The Bertz CT molecular complexity index is 1090. The Morgan fingerprint density at radius 3 is 2.64 bits per heavy atom. The van der Waals surface area contributed by atoms with Gasteiger partial charge in [-0.25, -0.2) is 23.1 Å². The van der Waals surface area contributed by atoms with Crippen molar-refractivity contribution in [2.24, 2.45) is 0 Å². The third-order valence-corrected chi connectivity index (χ3v) is 3.76. The molecule has 10 heteroatoms. The van der Waals surface area contributed by atoms with Gasteiger partial charge < -0.3 is 10.1 Å². The van der Waals surface area contributed by atoms with E-state index in [-0.39, 0.29) is 22.5 Å². The van der Waals surface area contributed by atoms with Crippen LogP contribution in [-0.4, -0.2) is 31.4 Å². The van der Waals surface area contributed by atoms with Gasteiger partial charge in [0.05, 0.1) is 17.6 Å². The standard InChI is InChI=1S/C18H19F2N5O3/c1-9(22-17(27)28-18(2,3)4)15-23-14-11(7-10(19)8-12(14)20)16(26)25(15)13-5-6-21-24-13/h5-9H,1-4H3,(H,21,24)(H,22,27)/t9-/m0/s1. The summed E-state index contributed by atoms with van der Waals surface area (Å²) in [4.78, 5) is 29.3. The highest BCUT2D eigenvalue weighted by atomic mass is 19.1. The number of fused-ring (bicyclic) bond motifs is 1. The lowest BCUT2D eigenvalue weighted by molar-refractivity contribution is 0.0505. The number of nitrogens with zero attached hydrogens (tertiary/aromatic N) is 3. The van der Waals surface area contributed by atoms with Crippen LogP contribution in [0.2, 0.25) is 0 Å². The molecule has 0 saturated heterocycles. The Labute approximate surface area is 158 Å². The fourth-order valence-electron chi connectivity index (χ4n) is 2.68. The fourth-order valence-corrected chi connectivity index (χ4v) is 2.68. The van der Waals surface area contributed by atoms with Gasteiger partial charge in [-0.15, -0.1) is 0 Å². The highest BCUT2D eigenvalue weighted by Crippen LogP contribution is 2.20. The lowest BCUT2D eigenvalue weighted by atomic mass is 10.2. The van der Waals surface area contributed by atoms with Gasteiger partial charge in [0.2, 0.25) is 0 Å². The molecule has 1 atom stereocenters. The summed E-state index contributed by atoms with van der Waals surface area (Å²) < 4.78 is 34.2. The number of carbonyl (C=O) groups is 1. The summed E-state index contributed by atoms with van der Waals surface area (Å²) in [5.74, 6) is -1.61. The lowest BCUT2D eigenvalue weighted by Gasteiger charge is -2.23. The molecule has 0 aliphatic carbocycles. The molecule has 3 rings (SSSR count). The number of carbonyl (C=O) groups excluding carboxylic acids is 1. The van der Waals surface area contributed by atoms with Crippen LogP contribution in [-0.2, 0) is 4.74 Å². The number of nitrogens with one attached hydrogen (secondary N) is 2. The van der Waals surface area contributed by atoms with Crippen molar-refractivity contribution in [1.82, 2.24) is 25.1 Å². The van der Waals surface area contributed by atoms with E-state index in [1.54, 1.807) is 27.7 Å². The Morgan fingerprint density at radius 1 is 1.32 bits per heavy atom. The minimum atomic E-state index is -0.977. The number of rotatable bonds is 3. The molecular weight excluding hydrogens is 372 g/mol. The van der Waals surface area contributed by atoms with Crippen molar-refractivity contribution in [2.45, 2.75) is 39.3 Å². The fraction of sp³-hybridized carbons (Fsp3) is 0.333. The molecule has 28 heavy (non-hydrogen) atoms. The van der Waals surface area contributed by atoms with E-state index >= 15 is 0 Å². The maximum absolute atomic E-state index is 14.2. The number of H-pyrrole nitrogens is 1. The first-order valence-corrected chi connectivity index (χ1v) is 8.48. The number of ether oxygens (including phenoxy) is 1. The number of halogens is 2. The molecule has 2 aromatic heterocycles. The van der Waals surface area contributed by atoms with Gasteiger partial charge in [0.1, 0.15) is 28.6 Å². The largest absolute Gasteiger partial charge is 0.444 e. The van der Waals surface area contributed by atoms with E-state index in [2.05, 4.69) is 20.5 Å². The van der Waals surface area contributed by atoms with Gasteiger partial charge >= 0.3 is 6.09 Å². The number of hydrogen-bond donors (Lipinski definition) is 2. The quantitative estimate of drug-likeness (QED) is 0.715. The van der Waals surface area contributed by atoms with E-state index in [0.29, 0.717) is 6.07 Å². The number of benzene rings is 1. The first-order valence-electron chi connectivity index (χ1n) is 8.48. The summed E-state index contributed by atoms with van der Waals surface area (Å²) >= 11 is 0. The molecule has 2 heterocycles. The number of aromatic nitrogens is 4. The molecule has 0 aliphatic heterocycles. The van der Waals surface area contributed by atoms with Gasteiger partial charge in [-0.3, -0.25) is 9.89 Å². The van der Waals surface area contributed by atoms with Crippen molar-refractivity contribution in [1.29, 1.82) is 0 Å². The second kappa shape index (κ2) is 7.02. The van der Waals surface area contributed by atoms with Crippen molar-refractivity contribution >= 4 is 17.0 Å². The monoisotopic (exact) mass is 391 g/mol. The zero-order valence-corrected chi connectivity index (χ0v) is 15.7. The summed E-state index contributed by atoms with van der Waals surface area (Å²) in [6, 6.07) is 2.22. The summed E-state index contributed by atoms with van der Waals surface area (Å²) in [5.41, 5.74) is -1.73. The Morgan fingerprint density at radius 2 is 2.04 bits per heavy atom. The van der Waals surface area contributed by atoms with Crippen molar-refractivity contribution in [3.05, 3.63) is 52.2 Å². The van der Waals surface area contributed by atoms with Crippen LogP contribution in [0.5, 0.6) is 0 Å². The maximum Gasteiger partial charge on any atom is 0.408 e. The Hall–Kier alpha value is -3.30. The Kier molecular flexibility index (Phi) is 4.88. The van der Waals surface area contributed by atoms with E-state index in [0.717, 1.165) is 10.6 Å². The molecule has 0 unspecified atom stereocenters. The van der Waals surface area contributed by atoms with Crippen LogP contribution in [0.3, 0.4) is 0 Å². The molecule has 1 amide bonds. The highest BCUT2D eigenvalue weighted by molar-refractivity contribution is 5.79. The van der Waals surface area contributed by atoms with Crippen LogP contribution < -0.4 is 10.9 Å². The number of hydrogen-bond acceptors (Lipinski definition) is 5. The van der Waals surface area contributed by atoms with Gasteiger partial charge in [-0.05, 0) is 33.8 Å². The first kappa shape index (κ1) is 19.5. The summed E-state index contributed by atoms with van der Waals surface area (Å²) in [6.45, 7) is 6.67. The van der Waals surface area contributed by atoms with Crippen LogP contribution in [0.15, 0.2) is 29.2 Å². The molecule has 8 nitrogen and oxygen atoms in total. The van der Waals surface area contributed by atoms with Crippen molar-refractivity contribution < 1.29 is 18.3 Å². The summed E-state index contributed by atoms with van der Waals surface area (Å²) in [7, 11) is 0. The van der Waals surface area contributed by atoms with Crippen LogP contribution in [0, 0.1) is 11.6 Å². The zero-order chi connectivity index (χ0) is 20.6. The minimum absolute atomic E-state index is 0.0260. The van der Waals surface area contributed by atoms with E-state index < -0.39 is 34.9 Å². The first-order chi connectivity index (χ1) is 13.1. The predicted octanol–water partition coefficient (Wildman–Crippen LogP) is 2.97. The molecule has 0 spiro atoms. The highest BCUT2D eigenvalue weighted by Gasteiger charge is 2.24. The molecular formula is C18H19F2N5O3. The summed E-state index contributed by atoms with van der Waals surface area (Å²) in [5, 5.41) is 8.74. The van der Waals surface area contributed by atoms with Crippen LogP contribution in [0.4, 0.5) is 13.6 Å². The predicted molar refractivity (Wildman–Crippen MR) is 97.2 cm³/mol. The van der Waals surface area contributed by atoms with Crippen LogP contribution in [0.1, 0.15) is 39.6 Å². The van der Waals surface area contributed by atoms with E-state index in [9.17, 15) is 18.4 Å². The van der Waals surface area contributed by atoms with Crippen LogP contribution >= 0.6 is 0 Å². The second-order valence-electron chi connectivity index (χ2n) is 7.20. The van der Waals surface area contributed by atoms with Crippen molar-refractivity contribution in [3.8, 4) is 5.82 Å². The van der Waals surface area contributed by atoms with Gasteiger partial charge in [0, 0.05) is 12.1 Å². The van der Waals surface area contributed by atoms with Crippen molar-refractivity contribution in [2.75, 3.05) is 0 Å². The van der Waals surface area contributed by atoms with Crippen LogP contribution in [0.25, 0.3) is 16.7 Å². The molecule has 0 saturated carbocycles. The summed E-state index contributed by atoms with van der Waals surface area (Å²) in [6.07, 6.45) is 0.679. The molecule has 3 aromatic rings. The van der Waals surface area contributed by atoms with E-state index in [1.807, 2.05) is 0 Å². The van der Waals surface area contributed by atoms with Gasteiger partial charge in [-0.2, -0.15) is 5.10 Å². The molecule has 148 valence electrons. The SMILES string of the molecule is C[C@H](NC(=O)OC(C)(C)C)c1nc2c(F)cc(F)cc2c(=O)n1-c1ccn[nH]1. The molecule has 0 aliphatic rings. The smallest absolute Gasteiger partial charge is 0.408 e. The van der Waals surface area contributed by atoms with E-state index in [4.69, 9.17) is 4.74 Å². The molecule has 2 N–H and O–H groups in total. The number of amides is 1. The maximum atomic E-state index is 14.2. The third kappa shape index (κ3) is 3.85. The minimum Gasteiger partial charge on any atom is -0.444 e. The normalized spacial score (nSPS) is 12.8. The average Bonchev–Trinajstić information content (AvgIpc) is 3.07. The molecule has 0 fully saturated rings.